The minimum atomic E-state index is -1.12. The highest BCUT2D eigenvalue weighted by Gasteiger charge is 2.15. The summed E-state index contributed by atoms with van der Waals surface area (Å²) in [4.78, 5) is 0. The van der Waals surface area contributed by atoms with Gasteiger partial charge < -0.3 is 15.2 Å². The molecule has 2 aromatic rings. The van der Waals surface area contributed by atoms with Gasteiger partial charge in [-0.2, -0.15) is 4.39 Å². The van der Waals surface area contributed by atoms with E-state index in [4.69, 9.17) is 15.2 Å². The largest absolute Gasteiger partial charge is 0.493 e. The monoisotopic (exact) mass is 251 g/mol. The third-order valence-electron chi connectivity index (χ3n) is 2.36. The Morgan fingerprint density at radius 3 is 2.33 bits per heavy atom. The Bertz CT molecular complexity index is 573. The number of benzene rings is 2. The smallest absolute Gasteiger partial charge is 0.203 e. The first kappa shape index (κ1) is 12.2. The highest BCUT2D eigenvalue weighted by molar-refractivity contribution is 5.56. The molecule has 0 bridgehead atoms. The van der Waals surface area contributed by atoms with Crippen molar-refractivity contribution in [2.75, 3.05) is 12.8 Å². The lowest BCUT2D eigenvalue weighted by Crippen LogP contribution is -1.98. The lowest BCUT2D eigenvalue weighted by Gasteiger charge is -2.12. The van der Waals surface area contributed by atoms with E-state index in [2.05, 4.69) is 0 Å². The number of nitrogen functional groups attached to an aromatic ring is 1. The third-order valence-corrected chi connectivity index (χ3v) is 2.36. The maximum Gasteiger partial charge on any atom is 0.203 e. The quantitative estimate of drug-likeness (QED) is 0.851. The number of rotatable bonds is 3. The summed E-state index contributed by atoms with van der Waals surface area (Å²) < 4.78 is 37.0. The molecule has 5 heteroatoms. The van der Waals surface area contributed by atoms with Crippen LogP contribution in [0.1, 0.15) is 0 Å². The number of nitrogens with two attached hydrogens (primary N) is 1. The first-order valence-electron chi connectivity index (χ1n) is 5.18. The van der Waals surface area contributed by atoms with E-state index in [-0.39, 0.29) is 17.2 Å². The molecule has 0 heterocycles. The topological polar surface area (TPSA) is 44.5 Å². The van der Waals surface area contributed by atoms with Gasteiger partial charge in [-0.25, -0.2) is 4.39 Å². The molecule has 0 atom stereocenters. The van der Waals surface area contributed by atoms with Crippen LogP contribution in [0.15, 0.2) is 36.4 Å². The van der Waals surface area contributed by atoms with Gasteiger partial charge in [0.05, 0.1) is 12.8 Å². The SMILES string of the molecule is COc1ccccc1Oc1c(N)ccc(F)c1F. The molecule has 0 unspecified atom stereocenters. The van der Waals surface area contributed by atoms with Crippen LogP contribution < -0.4 is 15.2 Å². The Kier molecular flexibility index (Phi) is 3.32. The first-order chi connectivity index (χ1) is 8.63. The summed E-state index contributed by atoms with van der Waals surface area (Å²) in [6.07, 6.45) is 0. The van der Waals surface area contributed by atoms with Crippen LogP contribution in [-0.4, -0.2) is 7.11 Å². The van der Waals surface area contributed by atoms with E-state index in [1.54, 1.807) is 24.3 Å². The molecule has 0 aromatic heterocycles. The average Bonchev–Trinajstić information content (AvgIpc) is 2.39. The average molecular weight is 251 g/mol. The van der Waals surface area contributed by atoms with E-state index in [1.165, 1.54) is 13.2 Å². The van der Waals surface area contributed by atoms with Crippen molar-refractivity contribution >= 4 is 5.69 Å². The lowest BCUT2D eigenvalue weighted by molar-refractivity contribution is 0.366. The Hall–Kier alpha value is -2.30. The Balaban J connectivity index is 2.43. The Morgan fingerprint density at radius 2 is 1.67 bits per heavy atom. The van der Waals surface area contributed by atoms with Crippen LogP contribution in [0.3, 0.4) is 0 Å². The van der Waals surface area contributed by atoms with Crippen molar-refractivity contribution in [2.45, 2.75) is 0 Å². The van der Waals surface area contributed by atoms with Gasteiger partial charge in [0.15, 0.2) is 23.1 Å². The van der Waals surface area contributed by atoms with Gasteiger partial charge in [0.2, 0.25) is 5.82 Å². The fourth-order valence-electron chi connectivity index (χ4n) is 1.46. The van der Waals surface area contributed by atoms with Gasteiger partial charge in [0, 0.05) is 0 Å². The van der Waals surface area contributed by atoms with Crippen molar-refractivity contribution in [1.82, 2.24) is 0 Å². The number of halogens is 2. The minimum absolute atomic E-state index is 0.0137. The second kappa shape index (κ2) is 4.91. The fourth-order valence-corrected chi connectivity index (χ4v) is 1.46. The molecular formula is C13H11F2NO2. The number of para-hydroxylation sites is 2. The van der Waals surface area contributed by atoms with E-state index >= 15 is 0 Å². The lowest BCUT2D eigenvalue weighted by atomic mass is 10.2. The molecule has 0 saturated carbocycles. The molecule has 0 fully saturated rings. The molecule has 0 aliphatic carbocycles. The van der Waals surface area contributed by atoms with Crippen LogP contribution in [0.4, 0.5) is 14.5 Å². The summed E-state index contributed by atoms with van der Waals surface area (Å²) in [6, 6.07) is 8.82. The zero-order valence-corrected chi connectivity index (χ0v) is 9.61. The molecule has 0 saturated heterocycles. The van der Waals surface area contributed by atoms with Crippen LogP contribution in [0.5, 0.6) is 17.2 Å². The third kappa shape index (κ3) is 2.20. The van der Waals surface area contributed by atoms with Crippen molar-refractivity contribution in [3.8, 4) is 17.2 Å². The van der Waals surface area contributed by atoms with Crippen LogP contribution in [0, 0.1) is 11.6 Å². The van der Waals surface area contributed by atoms with Gasteiger partial charge in [0.1, 0.15) is 0 Å². The van der Waals surface area contributed by atoms with Gasteiger partial charge >= 0.3 is 0 Å². The van der Waals surface area contributed by atoms with Crippen LogP contribution >= 0.6 is 0 Å². The Morgan fingerprint density at radius 1 is 1.00 bits per heavy atom. The molecule has 0 radical (unpaired) electrons. The van der Waals surface area contributed by atoms with E-state index in [0.717, 1.165) is 6.07 Å². The number of methoxy groups -OCH3 is 1. The van der Waals surface area contributed by atoms with Gasteiger partial charge in [-0.1, -0.05) is 12.1 Å². The predicted octanol–water partition coefficient (Wildman–Crippen LogP) is 3.35. The number of hydrogen-bond donors (Lipinski definition) is 1. The summed E-state index contributed by atoms with van der Waals surface area (Å²) in [5, 5.41) is 0. The zero-order chi connectivity index (χ0) is 13.1. The first-order valence-corrected chi connectivity index (χ1v) is 5.18. The number of hydrogen-bond acceptors (Lipinski definition) is 3. The highest BCUT2D eigenvalue weighted by Crippen LogP contribution is 2.36. The fraction of sp³-hybridized carbons (Fsp3) is 0.0769. The minimum Gasteiger partial charge on any atom is -0.493 e. The highest BCUT2D eigenvalue weighted by atomic mass is 19.2. The van der Waals surface area contributed by atoms with E-state index < -0.39 is 11.6 Å². The molecule has 2 N–H and O–H groups in total. The van der Waals surface area contributed by atoms with E-state index in [0.29, 0.717) is 5.75 Å². The summed E-state index contributed by atoms with van der Waals surface area (Å²) in [6.45, 7) is 0. The molecule has 0 amide bonds. The van der Waals surface area contributed by atoms with Gasteiger partial charge in [-0.3, -0.25) is 0 Å². The molecule has 2 aromatic carbocycles. The van der Waals surface area contributed by atoms with Crippen molar-refractivity contribution < 1.29 is 18.3 Å². The van der Waals surface area contributed by atoms with Gasteiger partial charge in [-0.05, 0) is 24.3 Å². The molecule has 18 heavy (non-hydrogen) atoms. The van der Waals surface area contributed by atoms with Crippen molar-refractivity contribution in [2.24, 2.45) is 0 Å². The molecule has 3 nitrogen and oxygen atoms in total. The summed E-state index contributed by atoms with van der Waals surface area (Å²) in [5.74, 6) is -1.83. The number of anilines is 1. The van der Waals surface area contributed by atoms with Crippen molar-refractivity contribution in [3.05, 3.63) is 48.0 Å². The molecule has 0 aliphatic rings. The normalized spacial score (nSPS) is 10.2. The second-order valence-corrected chi connectivity index (χ2v) is 3.53. The standard InChI is InChI=1S/C13H11F2NO2/c1-17-10-4-2-3-5-11(10)18-13-9(16)7-6-8(14)12(13)15/h2-7H,16H2,1H3. The van der Waals surface area contributed by atoms with Crippen molar-refractivity contribution in [1.29, 1.82) is 0 Å². The molecule has 0 aliphatic heterocycles. The maximum atomic E-state index is 13.6. The van der Waals surface area contributed by atoms with Gasteiger partial charge in [-0.15, -0.1) is 0 Å². The summed E-state index contributed by atoms with van der Waals surface area (Å²) in [7, 11) is 1.45. The second-order valence-electron chi connectivity index (χ2n) is 3.53. The van der Waals surface area contributed by atoms with Gasteiger partial charge in [0.25, 0.3) is 0 Å². The summed E-state index contributed by atoms with van der Waals surface area (Å²) >= 11 is 0. The molecule has 0 spiro atoms. The Labute approximate surface area is 103 Å². The predicted molar refractivity (Wildman–Crippen MR) is 63.8 cm³/mol. The maximum absolute atomic E-state index is 13.6. The van der Waals surface area contributed by atoms with E-state index in [9.17, 15) is 8.78 Å². The van der Waals surface area contributed by atoms with Crippen LogP contribution in [0.25, 0.3) is 0 Å². The summed E-state index contributed by atoms with van der Waals surface area (Å²) in [5.41, 5.74) is 5.57. The van der Waals surface area contributed by atoms with Crippen LogP contribution in [0.2, 0.25) is 0 Å². The molecule has 2 rings (SSSR count). The molecule has 94 valence electrons. The zero-order valence-electron chi connectivity index (χ0n) is 9.61. The van der Waals surface area contributed by atoms with Crippen molar-refractivity contribution in [3.63, 3.8) is 0 Å². The molecular weight excluding hydrogens is 240 g/mol. The number of ether oxygens (including phenoxy) is 2. The van der Waals surface area contributed by atoms with E-state index in [1.807, 2.05) is 0 Å². The van der Waals surface area contributed by atoms with Crippen LogP contribution in [-0.2, 0) is 0 Å².